The van der Waals surface area contributed by atoms with E-state index < -0.39 is 19.8 Å². The third-order valence-corrected chi connectivity index (χ3v) is 6.84. The van der Waals surface area contributed by atoms with Gasteiger partial charge in [-0.05, 0) is 0 Å². The molecule has 0 N–H and O–H groups in total. The van der Waals surface area contributed by atoms with Crippen molar-refractivity contribution in [2.45, 2.75) is 33.6 Å². The Morgan fingerprint density at radius 2 is 2.24 bits per heavy atom. The Hall–Kier alpha value is -0.381. The van der Waals surface area contributed by atoms with Gasteiger partial charge < -0.3 is 0 Å². The first-order valence-electron chi connectivity index (χ1n) is 6.43. The number of hydrogen-bond acceptors (Lipinski definition) is 2. The Morgan fingerprint density at radius 1 is 1.35 bits per heavy atom. The van der Waals surface area contributed by atoms with E-state index in [9.17, 15) is 0 Å². The molecule has 1 aliphatic heterocycles. The zero-order valence-electron chi connectivity index (χ0n) is 10.8. The van der Waals surface area contributed by atoms with Gasteiger partial charge in [0.1, 0.15) is 0 Å². The second-order valence-electron chi connectivity index (χ2n) is 4.88. The van der Waals surface area contributed by atoms with Crippen LogP contribution in [-0.2, 0) is 6.42 Å². The summed E-state index contributed by atoms with van der Waals surface area (Å²) in [4.78, 5) is 4.88. The van der Waals surface area contributed by atoms with E-state index in [0.717, 1.165) is 37.6 Å². The van der Waals surface area contributed by atoms with Crippen LogP contribution in [0.15, 0.2) is 18.2 Å². The third kappa shape index (κ3) is 4.09. The number of ether oxygens (including phenoxy) is 2. The molecule has 0 fully saturated rings. The number of aryl methyl sites for hydroxylation is 1. The fourth-order valence-electron chi connectivity index (χ4n) is 2.03. The van der Waals surface area contributed by atoms with Gasteiger partial charge in [0.25, 0.3) is 0 Å². The van der Waals surface area contributed by atoms with Crippen molar-refractivity contribution in [3.8, 4) is 11.5 Å². The number of fused-ring (bicyclic) bond motifs is 1. The molecule has 0 aromatic heterocycles. The molecule has 17 heavy (non-hydrogen) atoms. The van der Waals surface area contributed by atoms with E-state index in [2.05, 4.69) is 22.0 Å². The summed E-state index contributed by atoms with van der Waals surface area (Å²) in [6, 6.07) is 6.27. The topological polar surface area (TPSA) is 18.5 Å². The zero-order chi connectivity index (χ0) is 12.1. The molecule has 0 bridgehead atoms. The van der Waals surface area contributed by atoms with E-state index in [0.29, 0.717) is 0 Å². The Bertz CT molecular complexity index is 363. The normalized spacial score (nSPS) is 14.3. The molecule has 2 nitrogen and oxygen atoms in total. The van der Waals surface area contributed by atoms with Crippen LogP contribution in [0.25, 0.3) is 0 Å². The van der Waals surface area contributed by atoms with Crippen molar-refractivity contribution in [3.63, 3.8) is 0 Å². The van der Waals surface area contributed by atoms with Crippen LogP contribution in [0.3, 0.4) is 0 Å². The molecule has 0 atom stereocenters. The molecule has 0 aliphatic carbocycles. The van der Waals surface area contributed by atoms with Crippen LogP contribution in [0.5, 0.6) is 11.5 Å². The van der Waals surface area contributed by atoms with Gasteiger partial charge in [-0.1, -0.05) is 0 Å². The average molecular weight is 340 g/mol. The summed E-state index contributed by atoms with van der Waals surface area (Å²) >= 11 is -0.910. The minimum atomic E-state index is -0.910. The maximum atomic E-state index is 5.77. The maximum absolute atomic E-state index is 5.77. The summed E-state index contributed by atoms with van der Waals surface area (Å²) in [6.45, 7) is 1.70. The van der Waals surface area contributed by atoms with Crippen molar-refractivity contribution < 1.29 is 9.47 Å². The van der Waals surface area contributed by atoms with Crippen LogP contribution < -0.4 is 9.47 Å². The van der Waals surface area contributed by atoms with Gasteiger partial charge in [0.2, 0.25) is 0 Å². The molecule has 0 unspecified atom stereocenters. The molecule has 0 saturated heterocycles. The molecule has 1 aromatic carbocycles. The number of hydrogen-bond donors (Lipinski definition) is 0. The Balaban J connectivity index is 1.85. The monoisotopic (exact) mass is 341 g/mol. The molecular weight excluding hydrogens is 319 g/mol. The Kier molecular flexibility index (Phi) is 5.01. The fourth-order valence-corrected chi connectivity index (χ4v) is 4.46. The Morgan fingerprint density at radius 3 is 3.06 bits per heavy atom. The summed E-state index contributed by atoms with van der Waals surface area (Å²) in [5, 5.41) is 0. The summed E-state index contributed by atoms with van der Waals surface area (Å²) in [7, 11) is 0. The van der Waals surface area contributed by atoms with Crippen LogP contribution >= 0.6 is 0 Å². The van der Waals surface area contributed by atoms with Crippen LogP contribution in [0.4, 0.5) is 0 Å². The van der Waals surface area contributed by atoms with Crippen LogP contribution in [-0.4, -0.2) is 33.0 Å². The van der Waals surface area contributed by atoms with E-state index in [1.807, 2.05) is 6.07 Å². The van der Waals surface area contributed by atoms with Gasteiger partial charge in [0.05, 0.1) is 0 Å². The molecule has 1 aromatic rings. The average Bonchev–Trinajstić information content (AvgIpc) is 2.34. The predicted octanol–water partition coefficient (Wildman–Crippen LogP) is 3.53. The minimum absolute atomic E-state index is 0.845. The van der Waals surface area contributed by atoms with Gasteiger partial charge in [-0.3, -0.25) is 0 Å². The third-order valence-electron chi connectivity index (χ3n) is 2.98. The van der Waals surface area contributed by atoms with Crippen molar-refractivity contribution in [2.24, 2.45) is 0 Å². The summed E-state index contributed by atoms with van der Waals surface area (Å²) in [6.07, 6.45) is 3.48. The second-order valence-corrected chi connectivity index (χ2v) is 13.2. The number of rotatable bonds is 5. The van der Waals surface area contributed by atoms with Crippen molar-refractivity contribution in [1.82, 2.24) is 0 Å². The molecule has 1 radical (unpaired) electrons. The van der Waals surface area contributed by atoms with Gasteiger partial charge in [0, 0.05) is 0 Å². The van der Waals surface area contributed by atoms with E-state index in [1.54, 1.807) is 0 Å². The Labute approximate surface area is 111 Å². The molecule has 1 heterocycles. The van der Waals surface area contributed by atoms with Gasteiger partial charge in [-0.25, -0.2) is 0 Å². The van der Waals surface area contributed by atoms with Gasteiger partial charge >= 0.3 is 111 Å². The first-order chi connectivity index (χ1) is 8.25. The van der Waals surface area contributed by atoms with Crippen LogP contribution in [0.1, 0.15) is 18.4 Å². The zero-order valence-corrected chi connectivity index (χ0v) is 13.6. The standard InChI is InChI=1S/C12H15O2.2CH3.Sn/c1-2-7-13-11-6-5-10-4-3-8-14-12(10)9-11;;;/h5-6,9H,1-4,7-8H2;2*1H3;. The molecule has 93 valence electrons. The summed E-state index contributed by atoms with van der Waals surface area (Å²) in [5.41, 5.74) is 1.32. The summed E-state index contributed by atoms with van der Waals surface area (Å²) < 4.78 is 12.8. The van der Waals surface area contributed by atoms with Crippen molar-refractivity contribution in [1.29, 1.82) is 0 Å². The number of benzene rings is 1. The van der Waals surface area contributed by atoms with Gasteiger partial charge in [0.15, 0.2) is 0 Å². The SMILES string of the molecule is [CH3][Sn]([CH3])[CH2]CCOc1ccc2c(c1)OCCC2. The van der Waals surface area contributed by atoms with Crippen molar-refractivity contribution in [2.75, 3.05) is 13.2 Å². The second kappa shape index (κ2) is 6.52. The first kappa shape index (κ1) is 13.1. The van der Waals surface area contributed by atoms with Gasteiger partial charge in [-0.2, -0.15) is 0 Å². The summed E-state index contributed by atoms with van der Waals surface area (Å²) in [5.74, 6) is 1.99. The van der Waals surface area contributed by atoms with Gasteiger partial charge in [-0.15, -0.1) is 0 Å². The molecule has 0 saturated carbocycles. The van der Waals surface area contributed by atoms with Crippen molar-refractivity contribution >= 4 is 19.8 Å². The quantitative estimate of drug-likeness (QED) is 0.603. The van der Waals surface area contributed by atoms with E-state index >= 15 is 0 Å². The molecule has 0 amide bonds. The van der Waals surface area contributed by atoms with E-state index in [4.69, 9.17) is 9.47 Å². The fraction of sp³-hybridized carbons (Fsp3) is 0.571. The first-order valence-corrected chi connectivity index (χ1v) is 14.2. The van der Waals surface area contributed by atoms with Crippen molar-refractivity contribution in [3.05, 3.63) is 23.8 Å². The molecule has 1 aliphatic rings. The molecular formula is C14H21O2Sn. The predicted molar refractivity (Wildman–Crippen MR) is 72.7 cm³/mol. The van der Waals surface area contributed by atoms with E-state index in [1.165, 1.54) is 16.4 Å². The molecule has 3 heteroatoms. The molecule has 2 rings (SSSR count). The molecule has 0 spiro atoms. The van der Waals surface area contributed by atoms with Crippen LogP contribution in [0.2, 0.25) is 14.3 Å². The van der Waals surface area contributed by atoms with Crippen LogP contribution in [0, 0.1) is 0 Å². The van der Waals surface area contributed by atoms with E-state index in [-0.39, 0.29) is 0 Å².